The third-order valence-electron chi connectivity index (χ3n) is 2.83. The number of hydrogen-bond acceptors (Lipinski definition) is 6. The summed E-state index contributed by atoms with van der Waals surface area (Å²) in [6.45, 7) is 1.80. The van der Waals surface area contributed by atoms with Gasteiger partial charge in [0.15, 0.2) is 0 Å². The highest BCUT2D eigenvalue weighted by molar-refractivity contribution is 8.00. The van der Waals surface area contributed by atoms with E-state index in [-0.39, 0.29) is 11.2 Å². The van der Waals surface area contributed by atoms with Crippen molar-refractivity contribution in [2.75, 3.05) is 5.32 Å². The quantitative estimate of drug-likeness (QED) is 0.718. The summed E-state index contributed by atoms with van der Waals surface area (Å²) in [5.74, 6) is 0.375. The van der Waals surface area contributed by atoms with E-state index >= 15 is 0 Å². The van der Waals surface area contributed by atoms with Crippen LogP contribution in [-0.4, -0.2) is 21.4 Å². The van der Waals surface area contributed by atoms with Gasteiger partial charge in [-0.1, -0.05) is 36.0 Å². The number of rotatable bonds is 5. The zero-order valence-electron chi connectivity index (χ0n) is 11.7. The van der Waals surface area contributed by atoms with E-state index in [0.29, 0.717) is 11.1 Å². The molecule has 0 unspecified atom stereocenters. The number of anilines is 1. The number of benzene rings is 1. The topological polar surface area (TPSA) is 68.0 Å². The third kappa shape index (κ3) is 3.55. The van der Waals surface area contributed by atoms with Gasteiger partial charge in [-0.05, 0) is 30.5 Å². The summed E-state index contributed by atoms with van der Waals surface area (Å²) in [5.41, 5.74) is 0.768. The zero-order valence-corrected chi connectivity index (χ0v) is 13.4. The van der Waals surface area contributed by atoms with E-state index in [4.69, 9.17) is 4.42 Å². The fourth-order valence-corrected chi connectivity index (χ4v) is 3.05. The second kappa shape index (κ2) is 6.76. The number of hydrogen-bond donors (Lipinski definition) is 1. The van der Waals surface area contributed by atoms with Crippen LogP contribution in [0.2, 0.25) is 0 Å². The lowest BCUT2D eigenvalue weighted by atomic mass is 10.3. The van der Waals surface area contributed by atoms with Crippen molar-refractivity contribution in [3.05, 3.63) is 47.8 Å². The number of para-hydroxylation sites is 1. The summed E-state index contributed by atoms with van der Waals surface area (Å²) in [6, 6.07) is 13.2. The van der Waals surface area contributed by atoms with E-state index in [0.717, 1.165) is 10.6 Å². The standard InChI is InChI=1S/C15H13N3O2S2/c1-10(13(19)16-11-6-3-2-4-7-11)22-15-18-17-14(20-15)12-8-5-9-21-12/h2-10H,1H3,(H,16,19)/t10-/m0/s1. The number of thioether (sulfide) groups is 1. The minimum atomic E-state index is -0.336. The van der Waals surface area contributed by atoms with Crippen LogP contribution in [0.4, 0.5) is 5.69 Å². The molecule has 2 heterocycles. The molecule has 1 aromatic carbocycles. The maximum absolute atomic E-state index is 12.1. The average molecular weight is 331 g/mol. The molecule has 0 spiro atoms. The van der Waals surface area contributed by atoms with E-state index < -0.39 is 0 Å². The van der Waals surface area contributed by atoms with Gasteiger partial charge in [0.2, 0.25) is 5.91 Å². The SMILES string of the molecule is C[C@H](Sc1nnc(-c2cccs2)o1)C(=O)Nc1ccccc1. The Hall–Kier alpha value is -2.12. The molecule has 22 heavy (non-hydrogen) atoms. The van der Waals surface area contributed by atoms with Crippen molar-refractivity contribution in [2.24, 2.45) is 0 Å². The fourth-order valence-electron chi connectivity index (χ4n) is 1.73. The van der Waals surface area contributed by atoms with Crippen LogP contribution in [0.1, 0.15) is 6.92 Å². The number of amides is 1. The van der Waals surface area contributed by atoms with Crippen molar-refractivity contribution in [3.63, 3.8) is 0 Å². The van der Waals surface area contributed by atoms with Crippen LogP contribution in [0.3, 0.4) is 0 Å². The smallest absolute Gasteiger partial charge is 0.277 e. The second-order valence-electron chi connectivity index (χ2n) is 4.47. The zero-order chi connectivity index (χ0) is 15.4. The van der Waals surface area contributed by atoms with Gasteiger partial charge >= 0.3 is 0 Å². The molecule has 3 rings (SSSR count). The normalized spacial score (nSPS) is 12.0. The van der Waals surface area contributed by atoms with E-state index in [1.165, 1.54) is 23.1 Å². The van der Waals surface area contributed by atoms with Gasteiger partial charge in [0.1, 0.15) is 0 Å². The van der Waals surface area contributed by atoms with Crippen molar-refractivity contribution in [2.45, 2.75) is 17.4 Å². The minimum Gasteiger partial charge on any atom is -0.410 e. The first-order valence-electron chi connectivity index (χ1n) is 6.62. The first kappa shape index (κ1) is 14.8. The summed E-state index contributed by atoms with van der Waals surface area (Å²) >= 11 is 2.77. The van der Waals surface area contributed by atoms with Crippen LogP contribution in [0.15, 0.2) is 57.5 Å². The highest BCUT2D eigenvalue weighted by Crippen LogP contribution is 2.28. The predicted molar refractivity (Wildman–Crippen MR) is 88.0 cm³/mol. The third-order valence-corrected chi connectivity index (χ3v) is 4.62. The molecular formula is C15H13N3O2S2. The van der Waals surface area contributed by atoms with Crippen molar-refractivity contribution < 1.29 is 9.21 Å². The molecule has 0 saturated carbocycles. The van der Waals surface area contributed by atoms with Gasteiger partial charge in [0.25, 0.3) is 11.1 Å². The molecule has 7 heteroatoms. The summed E-state index contributed by atoms with van der Waals surface area (Å²) in [7, 11) is 0. The van der Waals surface area contributed by atoms with Crippen molar-refractivity contribution in [1.82, 2.24) is 10.2 Å². The van der Waals surface area contributed by atoms with Gasteiger partial charge in [-0.15, -0.1) is 21.5 Å². The molecule has 0 bridgehead atoms. The van der Waals surface area contributed by atoms with Crippen LogP contribution < -0.4 is 5.32 Å². The lowest BCUT2D eigenvalue weighted by Gasteiger charge is -2.09. The first-order valence-corrected chi connectivity index (χ1v) is 8.38. The number of aromatic nitrogens is 2. The van der Waals surface area contributed by atoms with Gasteiger partial charge < -0.3 is 9.73 Å². The number of carbonyl (C=O) groups is 1. The number of thiophene rings is 1. The largest absolute Gasteiger partial charge is 0.410 e. The highest BCUT2D eigenvalue weighted by atomic mass is 32.2. The van der Waals surface area contributed by atoms with E-state index in [1.54, 1.807) is 6.92 Å². The Labute approximate surface area is 135 Å². The van der Waals surface area contributed by atoms with E-state index in [2.05, 4.69) is 15.5 Å². The fraction of sp³-hybridized carbons (Fsp3) is 0.133. The van der Waals surface area contributed by atoms with Gasteiger partial charge in [-0.2, -0.15) is 0 Å². The highest BCUT2D eigenvalue weighted by Gasteiger charge is 2.19. The van der Waals surface area contributed by atoms with E-state index in [1.807, 2.05) is 47.8 Å². The Bertz CT molecular complexity index is 741. The van der Waals surface area contributed by atoms with Gasteiger partial charge in [0, 0.05) is 5.69 Å². The average Bonchev–Trinajstić information content (AvgIpc) is 3.19. The molecule has 0 radical (unpaired) electrons. The maximum atomic E-state index is 12.1. The number of nitrogens with one attached hydrogen (secondary N) is 1. The molecule has 0 saturated heterocycles. The van der Waals surface area contributed by atoms with Crippen LogP contribution in [0.25, 0.3) is 10.8 Å². The Morgan fingerprint density at radius 1 is 1.23 bits per heavy atom. The van der Waals surface area contributed by atoms with Crippen molar-refractivity contribution in [1.29, 1.82) is 0 Å². The summed E-state index contributed by atoms with van der Waals surface area (Å²) in [6.07, 6.45) is 0. The Balaban J connectivity index is 1.62. The Morgan fingerprint density at radius 2 is 2.05 bits per heavy atom. The molecule has 112 valence electrons. The van der Waals surface area contributed by atoms with E-state index in [9.17, 15) is 4.79 Å². The predicted octanol–water partition coefficient (Wildman–Crippen LogP) is 3.92. The van der Waals surface area contributed by atoms with Crippen molar-refractivity contribution in [3.8, 4) is 10.8 Å². The molecule has 0 aliphatic heterocycles. The molecule has 1 atom stereocenters. The molecule has 3 aromatic rings. The maximum Gasteiger partial charge on any atom is 0.277 e. The molecule has 5 nitrogen and oxygen atoms in total. The Morgan fingerprint density at radius 3 is 2.77 bits per heavy atom. The number of carbonyl (C=O) groups excluding carboxylic acids is 1. The first-order chi connectivity index (χ1) is 10.7. The molecular weight excluding hydrogens is 318 g/mol. The summed E-state index contributed by atoms with van der Waals surface area (Å²) in [5, 5.41) is 12.8. The summed E-state index contributed by atoms with van der Waals surface area (Å²) in [4.78, 5) is 13.0. The van der Waals surface area contributed by atoms with Crippen LogP contribution >= 0.6 is 23.1 Å². The second-order valence-corrected chi connectivity index (χ2v) is 6.71. The molecule has 2 aromatic heterocycles. The van der Waals surface area contributed by atoms with Crippen LogP contribution in [-0.2, 0) is 4.79 Å². The lowest BCUT2D eigenvalue weighted by Crippen LogP contribution is -2.22. The Kier molecular flexibility index (Phi) is 4.55. The van der Waals surface area contributed by atoms with Gasteiger partial charge in [-0.25, -0.2) is 0 Å². The molecule has 0 aliphatic carbocycles. The minimum absolute atomic E-state index is 0.105. The number of nitrogens with zero attached hydrogens (tertiary/aromatic N) is 2. The molecule has 0 fully saturated rings. The molecule has 1 N–H and O–H groups in total. The molecule has 1 amide bonds. The monoisotopic (exact) mass is 331 g/mol. The van der Waals surface area contributed by atoms with Crippen LogP contribution in [0, 0.1) is 0 Å². The van der Waals surface area contributed by atoms with Gasteiger partial charge in [0.05, 0.1) is 10.1 Å². The lowest BCUT2D eigenvalue weighted by molar-refractivity contribution is -0.115. The van der Waals surface area contributed by atoms with Crippen LogP contribution in [0.5, 0.6) is 0 Å². The van der Waals surface area contributed by atoms with Gasteiger partial charge in [-0.3, -0.25) is 4.79 Å². The van der Waals surface area contributed by atoms with Crippen molar-refractivity contribution >= 4 is 34.7 Å². The molecule has 0 aliphatic rings. The summed E-state index contributed by atoms with van der Waals surface area (Å²) < 4.78 is 5.57.